The highest BCUT2D eigenvalue weighted by Crippen LogP contribution is 2.25. The van der Waals surface area contributed by atoms with Crippen LogP contribution < -0.4 is 0 Å². The first-order chi connectivity index (χ1) is 11.6. The largest absolute Gasteiger partial charge is 0.362 e. The third-order valence-corrected chi connectivity index (χ3v) is 3.90. The second kappa shape index (κ2) is 5.68. The number of hydrogen-bond donors (Lipinski definition) is 0. The first-order valence-electron chi connectivity index (χ1n) is 7.66. The normalized spacial score (nSPS) is 21.3. The minimum atomic E-state index is -0.432. The van der Waals surface area contributed by atoms with Crippen molar-refractivity contribution in [2.45, 2.75) is 26.1 Å². The van der Waals surface area contributed by atoms with Crippen molar-refractivity contribution >= 4 is 11.4 Å². The van der Waals surface area contributed by atoms with Crippen LogP contribution in [0.15, 0.2) is 29.0 Å². The summed E-state index contributed by atoms with van der Waals surface area (Å²) in [6.07, 6.45) is 2.59. The first-order valence-corrected chi connectivity index (χ1v) is 7.66. The Morgan fingerprint density at radius 3 is 3.00 bits per heavy atom. The molecule has 0 aliphatic carbocycles. The molecule has 24 heavy (non-hydrogen) atoms. The smallest absolute Gasteiger partial charge is 0.257 e. The number of hydrogen-bond acceptors (Lipinski definition) is 7. The summed E-state index contributed by atoms with van der Waals surface area (Å²) in [7, 11) is 0. The highest BCUT2D eigenvalue weighted by Gasteiger charge is 2.33. The van der Waals surface area contributed by atoms with Gasteiger partial charge in [0.25, 0.3) is 11.8 Å². The fourth-order valence-electron chi connectivity index (χ4n) is 2.87. The van der Waals surface area contributed by atoms with Gasteiger partial charge in [-0.25, -0.2) is 0 Å². The molecular weight excluding hydrogens is 312 g/mol. The molecule has 0 bridgehead atoms. The number of carbonyl (C=O) groups excluding carboxylic acids is 1. The molecule has 3 aromatic heterocycles. The van der Waals surface area contributed by atoms with E-state index in [1.807, 2.05) is 13.0 Å². The van der Waals surface area contributed by atoms with Crippen LogP contribution in [0.3, 0.4) is 0 Å². The monoisotopic (exact) mass is 328 g/mol. The van der Waals surface area contributed by atoms with E-state index in [-0.39, 0.29) is 12.0 Å². The van der Waals surface area contributed by atoms with Crippen LogP contribution in [0.1, 0.15) is 35.1 Å². The summed E-state index contributed by atoms with van der Waals surface area (Å²) in [4.78, 5) is 18.9. The van der Waals surface area contributed by atoms with Crippen molar-refractivity contribution in [2.75, 3.05) is 13.1 Å². The average Bonchev–Trinajstić information content (AvgIpc) is 3.20. The third-order valence-electron chi connectivity index (χ3n) is 3.90. The van der Waals surface area contributed by atoms with Crippen LogP contribution in [0.5, 0.6) is 0 Å². The Hall–Kier alpha value is -2.81. The molecule has 9 nitrogen and oxygen atoms in total. The Kier molecular flexibility index (Phi) is 3.49. The van der Waals surface area contributed by atoms with Gasteiger partial charge in [0.2, 0.25) is 0 Å². The van der Waals surface area contributed by atoms with Gasteiger partial charge in [-0.1, -0.05) is 5.16 Å². The highest BCUT2D eigenvalue weighted by atomic mass is 16.5. The zero-order valence-corrected chi connectivity index (χ0v) is 13.3. The summed E-state index contributed by atoms with van der Waals surface area (Å²) in [5.74, 6) is 0.811. The predicted molar refractivity (Wildman–Crippen MR) is 81.2 cm³/mol. The van der Waals surface area contributed by atoms with Gasteiger partial charge in [-0.05, 0) is 26.0 Å². The van der Waals surface area contributed by atoms with E-state index in [0.717, 1.165) is 0 Å². The number of amides is 1. The van der Waals surface area contributed by atoms with Gasteiger partial charge in [0.05, 0.1) is 24.4 Å². The summed E-state index contributed by atoms with van der Waals surface area (Å²) in [5, 5.41) is 12.0. The fraction of sp³-hybridized carbons (Fsp3) is 0.400. The fourth-order valence-corrected chi connectivity index (χ4v) is 2.87. The lowest BCUT2D eigenvalue weighted by Gasteiger charge is -2.35. The summed E-state index contributed by atoms with van der Waals surface area (Å²) in [5.41, 5.74) is 1.18. The van der Waals surface area contributed by atoms with Crippen molar-refractivity contribution < 1.29 is 14.1 Å². The van der Waals surface area contributed by atoms with Crippen molar-refractivity contribution in [1.29, 1.82) is 0 Å². The molecule has 1 fully saturated rings. The van der Waals surface area contributed by atoms with E-state index in [2.05, 4.69) is 20.3 Å². The predicted octanol–water partition coefficient (Wildman–Crippen LogP) is 1.02. The average molecular weight is 328 g/mol. The molecule has 0 radical (unpaired) electrons. The Morgan fingerprint density at radius 2 is 2.21 bits per heavy atom. The topological polar surface area (TPSA) is 98.7 Å². The van der Waals surface area contributed by atoms with Gasteiger partial charge in [0.15, 0.2) is 11.9 Å². The van der Waals surface area contributed by atoms with Crippen LogP contribution in [-0.2, 0) is 4.74 Å². The van der Waals surface area contributed by atoms with Gasteiger partial charge < -0.3 is 14.2 Å². The molecule has 1 aliphatic heterocycles. The number of nitrogens with zero attached hydrogens (tertiary/aromatic N) is 6. The van der Waals surface area contributed by atoms with Crippen molar-refractivity contribution in [3.05, 3.63) is 41.8 Å². The van der Waals surface area contributed by atoms with Crippen molar-refractivity contribution in [1.82, 2.24) is 29.9 Å². The van der Waals surface area contributed by atoms with Crippen molar-refractivity contribution in [2.24, 2.45) is 0 Å². The quantitative estimate of drug-likeness (QED) is 0.692. The molecule has 9 heteroatoms. The molecule has 0 N–H and O–H groups in total. The maximum absolute atomic E-state index is 12.9. The molecule has 0 spiro atoms. The molecule has 0 unspecified atom stereocenters. The molecule has 1 saturated heterocycles. The number of ether oxygens (including phenoxy) is 1. The molecular formula is C15H16N6O3. The minimum absolute atomic E-state index is 0.116. The lowest BCUT2D eigenvalue weighted by Crippen LogP contribution is -2.46. The van der Waals surface area contributed by atoms with E-state index in [9.17, 15) is 4.79 Å². The van der Waals surface area contributed by atoms with Crippen LogP contribution >= 0.6 is 0 Å². The number of fused-ring (bicyclic) bond motifs is 1. The number of aryl methyl sites for hydroxylation is 1. The number of aromatic nitrogens is 5. The van der Waals surface area contributed by atoms with Crippen LogP contribution in [0.25, 0.3) is 5.52 Å². The lowest BCUT2D eigenvalue weighted by molar-refractivity contribution is -0.0809. The van der Waals surface area contributed by atoms with E-state index in [4.69, 9.17) is 9.26 Å². The standard InChI is InChI=1S/C15H16N6O3/c1-9-7-20(8-13(23-9)14-18-10(2)19-24-14)15(22)11-6-17-21-12(11)4-3-5-16-21/h3-6,9,13H,7-8H2,1-2H3/t9-,13-/m1/s1. The zero-order valence-electron chi connectivity index (χ0n) is 13.3. The molecule has 0 aromatic carbocycles. The van der Waals surface area contributed by atoms with Gasteiger partial charge in [0, 0.05) is 12.7 Å². The van der Waals surface area contributed by atoms with Crippen LogP contribution in [0, 0.1) is 6.92 Å². The highest BCUT2D eigenvalue weighted by molar-refractivity contribution is 6.00. The SMILES string of the molecule is Cc1noc([C@H]2CN(C(=O)c3cnn4ncccc34)C[C@@H](C)O2)n1. The molecule has 4 heterocycles. The number of rotatable bonds is 2. The number of carbonyl (C=O) groups is 1. The summed E-state index contributed by atoms with van der Waals surface area (Å²) in [6.45, 7) is 4.49. The Balaban J connectivity index is 1.61. The lowest BCUT2D eigenvalue weighted by atomic mass is 10.1. The van der Waals surface area contributed by atoms with Gasteiger partial charge in [-0.15, -0.1) is 0 Å². The summed E-state index contributed by atoms with van der Waals surface area (Å²) in [6, 6.07) is 3.59. The van der Waals surface area contributed by atoms with Crippen LogP contribution in [-0.4, -0.2) is 55.0 Å². The van der Waals surface area contributed by atoms with E-state index >= 15 is 0 Å². The molecule has 3 aromatic rings. The van der Waals surface area contributed by atoms with Gasteiger partial charge in [-0.3, -0.25) is 4.79 Å². The van der Waals surface area contributed by atoms with Gasteiger partial charge in [0.1, 0.15) is 5.52 Å². The Bertz CT molecular complexity index is 888. The molecule has 0 saturated carbocycles. The van der Waals surface area contributed by atoms with E-state index < -0.39 is 6.10 Å². The molecule has 1 amide bonds. The molecule has 1 aliphatic rings. The van der Waals surface area contributed by atoms with E-state index in [1.165, 1.54) is 10.8 Å². The minimum Gasteiger partial charge on any atom is -0.362 e. The maximum atomic E-state index is 12.9. The van der Waals surface area contributed by atoms with E-state index in [1.54, 1.807) is 24.1 Å². The zero-order chi connectivity index (χ0) is 16.7. The molecule has 2 atom stereocenters. The summed E-state index contributed by atoms with van der Waals surface area (Å²) >= 11 is 0. The van der Waals surface area contributed by atoms with E-state index in [0.29, 0.717) is 35.9 Å². The summed E-state index contributed by atoms with van der Waals surface area (Å²) < 4.78 is 12.5. The first kappa shape index (κ1) is 14.8. The maximum Gasteiger partial charge on any atom is 0.257 e. The van der Waals surface area contributed by atoms with Crippen molar-refractivity contribution in [3.63, 3.8) is 0 Å². The Labute approximate surface area is 137 Å². The van der Waals surface area contributed by atoms with Crippen LogP contribution in [0.4, 0.5) is 0 Å². The number of morpholine rings is 1. The van der Waals surface area contributed by atoms with Gasteiger partial charge in [-0.2, -0.15) is 19.8 Å². The van der Waals surface area contributed by atoms with Gasteiger partial charge >= 0.3 is 0 Å². The second-order valence-electron chi connectivity index (χ2n) is 5.78. The van der Waals surface area contributed by atoms with Crippen molar-refractivity contribution in [3.8, 4) is 0 Å². The molecule has 124 valence electrons. The Morgan fingerprint density at radius 1 is 1.33 bits per heavy atom. The molecule has 4 rings (SSSR count). The second-order valence-corrected chi connectivity index (χ2v) is 5.78. The third kappa shape index (κ3) is 2.52. The van der Waals surface area contributed by atoms with Crippen LogP contribution in [0.2, 0.25) is 0 Å².